The van der Waals surface area contributed by atoms with Gasteiger partial charge in [-0.05, 0) is 18.1 Å². The van der Waals surface area contributed by atoms with E-state index in [1.165, 1.54) is 12.4 Å². The number of anilines is 1. The summed E-state index contributed by atoms with van der Waals surface area (Å²) in [4.78, 5) is 20.0. The van der Waals surface area contributed by atoms with Gasteiger partial charge in [-0.3, -0.25) is 4.79 Å². The minimum Gasteiger partial charge on any atom is -0.492 e. The molecule has 0 spiro atoms. The predicted octanol–water partition coefficient (Wildman–Crippen LogP) is 2.32. The molecule has 0 saturated carbocycles. The molecule has 20 heavy (non-hydrogen) atoms. The number of ether oxygens (including phenoxy) is 1. The number of rotatable bonds is 2. The number of fused-ring (bicyclic) bond motifs is 1. The zero-order valence-electron chi connectivity index (χ0n) is 10.5. The molecule has 1 N–H and O–H groups in total. The number of hydrogen-bond acceptors (Lipinski definition) is 4. The maximum absolute atomic E-state index is 12.2. The highest BCUT2D eigenvalue weighted by Crippen LogP contribution is 2.27. The SMILES string of the molecule is O=C(Nc1cnc(Cl)cn1)C1COc2ccccc2C1. The highest BCUT2D eigenvalue weighted by molar-refractivity contribution is 6.29. The van der Waals surface area contributed by atoms with Crippen LogP contribution in [-0.4, -0.2) is 22.5 Å². The third-order valence-corrected chi connectivity index (χ3v) is 3.32. The number of para-hydroxylation sites is 1. The average Bonchev–Trinajstić information content (AvgIpc) is 2.49. The lowest BCUT2D eigenvalue weighted by Gasteiger charge is -2.24. The van der Waals surface area contributed by atoms with E-state index in [4.69, 9.17) is 16.3 Å². The Labute approximate surface area is 121 Å². The van der Waals surface area contributed by atoms with E-state index in [1.807, 2.05) is 24.3 Å². The van der Waals surface area contributed by atoms with Gasteiger partial charge < -0.3 is 10.1 Å². The Morgan fingerprint density at radius 3 is 2.95 bits per heavy atom. The molecule has 0 bridgehead atoms. The van der Waals surface area contributed by atoms with Crippen molar-refractivity contribution in [2.24, 2.45) is 5.92 Å². The van der Waals surface area contributed by atoms with Crippen LogP contribution >= 0.6 is 11.6 Å². The first-order valence-electron chi connectivity index (χ1n) is 6.21. The van der Waals surface area contributed by atoms with Crippen LogP contribution in [0.5, 0.6) is 5.75 Å². The number of halogens is 1. The molecule has 0 radical (unpaired) electrons. The Morgan fingerprint density at radius 1 is 1.30 bits per heavy atom. The van der Waals surface area contributed by atoms with Gasteiger partial charge in [0.05, 0.1) is 18.3 Å². The van der Waals surface area contributed by atoms with Crippen LogP contribution in [0.15, 0.2) is 36.7 Å². The first-order chi connectivity index (χ1) is 9.72. The van der Waals surface area contributed by atoms with E-state index in [2.05, 4.69) is 15.3 Å². The Kier molecular flexibility index (Phi) is 3.52. The van der Waals surface area contributed by atoms with Crippen LogP contribution in [0.1, 0.15) is 5.56 Å². The molecule has 5 nitrogen and oxygen atoms in total. The molecule has 2 aromatic rings. The molecule has 0 fully saturated rings. The van der Waals surface area contributed by atoms with Crippen molar-refractivity contribution in [3.8, 4) is 5.75 Å². The molecule has 0 aliphatic carbocycles. The van der Waals surface area contributed by atoms with E-state index in [1.54, 1.807) is 0 Å². The number of carbonyl (C=O) groups is 1. The first kappa shape index (κ1) is 12.9. The van der Waals surface area contributed by atoms with Crippen molar-refractivity contribution in [3.63, 3.8) is 0 Å². The van der Waals surface area contributed by atoms with Crippen molar-refractivity contribution >= 4 is 23.3 Å². The van der Waals surface area contributed by atoms with Crippen LogP contribution in [0.2, 0.25) is 5.15 Å². The predicted molar refractivity (Wildman–Crippen MR) is 74.8 cm³/mol. The fourth-order valence-electron chi connectivity index (χ4n) is 2.10. The Morgan fingerprint density at radius 2 is 2.15 bits per heavy atom. The summed E-state index contributed by atoms with van der Waals surface area (Å²) in [6, 6.07) is 7.74. The summed E-state index contributed by atoms with van der Waals surface area (Å²) in [5.74, 6) is 0.875. The zero-order chi connectivity index (χ0) is 13.9. The van der Waals surface area contributed by atoms with Crippen molar-refractivity contribution in [2.75, 3.05) is 11.9 Å². The minimum absolute atomic E-state index is 0.129. The standard InChI is InChI=1S/C14H12ClN3O2/c15-12-6-17-13(7-16-12)18-14(19)10-5-9-3-1-2-4-11(9)20-8-10/h1-4,6-7,10H,5,8H2,(H,17,18,19). The second-order valence-corrected chi connectivity index (χ2v) is 4.92. The summed E-state index contributed by atoms with van der Waals surface area (Å²) in [6.07, 6.45) is 3.48. The number of aromatic nitrogens is 2. The summed E-state index contributed by atoms with van der Waals surface area (Å²) in [5, 5.41) is 3.01. The average molecular weight is 290 g/mol. The quantitative estimate of drug-likeness (QED) is 0.921. The molecular formula is C14H12ClN3O2. The van der Waals surface area contributed by atoms with Crippen LogP contribution in [0, 0.1) is 5.92 Å². The van der Waals surface area contributed by atoms with Crippen LogP contribution in [0.25, 0.3) is 0 Å². The molecule has 1 atom stereocenters. The third kappa shape index (κ3) is 2.72. The Bertz CT molecular complexity index is 631. The highest BCUT2D eigenvalue weighted by atomic mass is 35.5. The number of carbonyl (C=O) groups excluding carboxylic acids is 1. The van der Waals surface area contributed by atoms with E-state index in [0.717, 1.165) is 11.3 Å². The lowest BCUT2D eigenvalue weighted by molar-refractivity contribution is -0.121. The van der Waals surface area contributed by atoms with Gasteiger partial charge in [0.25, 0.3) is 0 Å². The molecule has 102 valence electrons. The molecule has 1 aromatic heterocycles. The van der Waals surface area contributed by atoms with Gasteiger partial charge in [-0.25, -0.2) is 9.97 Å². The van der Waals surface area contributed by atoms with Crippen LogP contribution in [0.4, 0.5) is 5.82 Å². The molecule has 1 amide bonds. The number of nitrogens with one attached hydrogen (secondary N) is 1. The number of benzene rings is 1. The van der Waals surface area contributed by atoms with Crippen molar-refractivity contribution < 1.29 is 9.53 Å². The van der Waals surface area contributed by atoms with Gasteiger partial charge >= 0.3 is 0 Å². The van der Waals surface area contributed by atoms with Crippen LogP contribution < -0.4 is 10.1 Å². The van der Waals surface area contributed by atoms with Gasteiger partial charge in [0.1, 0.15) is 17.5 Å². The zero-order valence-corrected chi connectivity index (χ0v) is 11.3. The summed E-state index contributed by atoms with van der Waals surface area (Å²) in [7, 11) is 0. The molecule has 1 unspecified atom stereocenters. The van der Waals surface area contributed by atoms with Crippen molar-refractivity contribution in [3.05, 3.63) is 47.4 Å². The van der Waals surface area contributed by atoms with Crippen molar-refractivity contribution in [1.29, 1.82) is 0 Å². The fourth-order valence-corrected chi connectivity index (χ4v) is 2.20. The summed E-state index contributed by atoms with van der Waals surface area (Å²) in [6.45, 7) is 0.365. The maximum Gasteiger partial charge on any atom is 0.232 e. The molecule has 3 rings (SSSR count). The lowest BCUT2D eigenvalue weighted by atomic mass is 9.96. The maximum atomic E-state index is 12.2. The third-order valence-electron chi connectivity index (χ3n) is 3.12. The second-order valence-electron chi connectivity index (χ2n) is 4.53. The number of nitrogens with zero attached hydrogens (tertiary/aromatic N) is 2. The molecule has 6 heteroatoms. The van der Waals surface area contributed by atoms with Gasteiger partial charge in [0.2, 0.25) is 5.91 Å². The molecular weight excluding hydrogens is 278 g/mol. The molecule has 1 aliphatic heterocycles. The van der Waals surface area contributed by atoms with Gasteiger partial charge in [-0.2, -0.15) is 0 Å². The van der Waals surface area contributed by atoms with Gasteiger partial charge in [0, 0.05) is 0 Å². The number of hydrogen-bond donors (Lipinski definition) is 1. The smallest absolute Gasteiger partial charge is 0.232 e. The van der Waals surface area contributed by atoms with Gasteiger partial charge in [-0.1, -0.05) is 29.8 Å². The van der Waals surface area contributed by atoms with Crippen molar-refractivity contribution in [2.45, 2.75) is 6.42 Å². The lowest BCUT2D eigenvalue weighted by Crippen LogP contribution is -2.32. The van der Waals surface area contributed by atoms with E-state index in [0.29, 0.717) is 18.8 Å². The van der Waals surface area contributed by atoms with Gasteiger partial charge in [-0.15, -0.1) is 0 Å². The molecule has 1 aromatic carbocycles. The van der Waals surface area contributed by atoms with Gasteiger partial charge in [0.15, 0.2) is 5.82 Å². The monoisotopic (exact) mass is 289 g/mol. The van der Waals surface area contributed by atoms with E-state index >= 15 is 0 Å². The topological polar surface area (TPSA) is 64.1 Å². The molecule has 1 aliphatic rings. The van der Waals surface area contributed by atoms with E-state index < -0.39 is 0 Å². The summed E-state index contributed by atoms with van der Waals surface area (Å²) < 4.78 is 5.60. The fraction of sp³-hybridized carbons (Fsp3) is 0.214. The normalized spacial score (nSPS) is 16.9. The number of amides is 1. The molecule has 2 heterocycles. The van der Waals surface area contributed by atoms with E-state index in [9.17, 15) is 4.79 Å². The molecule has 0 saturated heterocycles. The Balaban J connectivity index is 1.68. The van der Waals surface area contributed by atoms with E-state index in [-0.39, 0.29) is 17.0 Å². The summed E-state index contributed by atoms with van der Waals surface area (Å²) >= 11 is 5.65. The van der Waals surface area contributed by atoms with Crippen molar-refractivity contribution in [1.82, 2.24) is 9.97 Å². The Hall–Kier alpha value is -2.14. The largest absolute Gasteiger partial charge is 0.492 e. The highest BCUT2D eigenvalue weighted by Gasteiger charge is 2.26. The summed E-state index contributed by atoms with van der Waals surface area (Å²) in [5.41, 5.74) is 1.04. The van der Waals surface area contributed by atoms with Crippen LogP contribution in [0.3, 0.4) is 0 Å². The first-order valence-corrected chi connectivity index (χ1v) is 6.59. The second kappa shape index (κ2) is 5.46. The minimum atomic E-state index is -0.234. The van der Waals surface area contributed by atoms with Crippen LogP contribution in [-0.2, 0) is 11.2 Å².